The van der Waals surface area contributed by atoms with Gasteiger partial charge in [0.2, 0.25) is 10.0 Å². The van der Waals surface area contributed by atoms with Gasteiger partial charge in [-0.05, 0) is 54.3 Å². The summed E-state index contributed by atoms with van der Waals surface area (Å²) in [7, 11) is -4.56. The van der Waals surface area contributed by atoms with E-state index in [1.807, 2.05) is 0 Å². The first kappa shape index (κ1) is 22.6. The van der Waals surface area contributed by atoms with E-state index in [1.54, 1.807) is 30.7 Å². The number of benzene rings is 1. The van der Waals surface area contributed by atoms with Gasteiger partial charge in [-0.2, -0.15) is 0 Å². The molecule has 3 N–H and O–H groups in total. The lowest BCUT2D eigenvalue weighted by atomic mass is 9.84. The molecule has 2 rings (SSSR count). The Kier molecular flexibility index (Phi) is 8.13. The van der Waals surface area contributed by atoms with Crippen LogP contribution in [-0.2, 0) is 14.8 Å². The highest BCUT2D eigenvalue weighted by Gasteiger charge is 2.38. The van der Waals surface area contributed by atoms with Crippen LogP contribution in [0.3, 0.4) is 0 Å². The molecular formula is C15H22BBr2N3O5S. The third-order valence-corrected chi connectivity index (χ3v) is 7.18. The fourth-order valence-electron chi connectivity index (χ4n) is 2.98. The fraction of sp³-hybridized carbons (Fsp3) is 0.533. The third-order valence-electron chi connectivity index (χ3n) is 4.17. The van der Waals surface area contributed by atoms with Crippen molar-refractivity contribution in [3.05, 3.63) is 27.1 Å². The summed E-state index contributed by atoms with van der Waals surface area (Å²) in [4.78, 5) is 13.3. The van der Waals surface area contributed by atoms with Crippen LogP contribution in [-0.4, -0.2) is 63.2 Å². The van der Waals surface area contributed by atoms with Crippen molar-refractivity contribution in [3.8, 4) is 0 Å². The molecule has 1 amide bonds. The monoisotopic (exact) mass is 525 g/mol. The predicted molar refractivity (Wildman–Crippen MR) is 110 cm³/mol. The van der Waals surface area contributed by atoms with E-state index in [9.17, 15) is 18.2 Å². The number of ether oxygens (including phenoxy) is 1. The van der Waals surface area contributed by atoms with Crippen LogP contribution in [0.15, 0.2) is 32.0 Å². The van der Waals surface area contributed by atoms with E-state index in [4.69, 9.17) is 4.74 Å². The molecule has 1 aromatic rings. The SMILES string of the molecule is CCNC(=O)OC[C@H]1C[C@@H](NS(=O)(=O)c2cc(Br)ccc2Br)CN1B(C)O. The van der Waals surface area contributed by atoms with Crippen molar-refractivity contribution in [2.45, 2.75) is 37.1 Å². The van der Waals surface area contributed by atoms with Crippen molar-refractivity contribution >= 4 is 55.0 Å². The van der Waals surface area contributed by atoms with E-state index in [0.29, 0.717) is 28.5 Å². The lowest BCUT2D eigenvalue weighted by Gasteiger charge is -2.24. The molecule has 8 nitrogen and oxygen atoms in total. The molecule has 27 heavy (non-hydrogen) atoms. The van der Waals surface area contributed by atoms with Gasteiger partial charge in [0.1, 0.15) is 6.61 Å². The molecule has 1 saturated heterocycles. The second-order valence-corrected chi connectivity index (χ2v) is 9.69. The Morgan fingerprint density at radius 2 is 2.15 bits per heavy atom. The molecule has 0 aromatic heterocycles. The molecule has 0 bridgehead atoms. The van der Waals surface area contributed by atoms with Gasteiger partial charge in [0.15, 0.2) is 0 Å². The molecule has 0 aliphatic carbocycles. The normalized spacial score (nSPS) is 20.5. The van der Waals surface area contributed by atoms with Gasteiger partial charge < -0.3 is 19.9 Å². The van der Waals surface area contributed by atoms with Gasteiger partial charge in [0.05, 0.1) is 4.90 Å². The average Bonchev–Trinajstić information content (AvgIpc) is 2.97. The maximum absolute atomic E-state index is 12.8. The van der Waals surface area contributed by atoms with Crippen molar-refractivity contribution in [1.29, 1.82) is 0 Å². The van der Waals surface area contributed by atoms with Crippen LogP contribution in [0, 0.1) is 0 Å². The van der Waals surface area contributed by atoms with Gasteiger partial charge in [-0.15, -0.1) is 0 Å². The van der Waals surface area contributed by atoms with Crippen molar-refractivity contribution < 1.29 is 23.0 Å². The first-order valence-electron chi connectivity index (χ1n) is 8.46. The summed E-state index contributed by atoms with van der Waals surface area (Å²) < 4.78 is 34.5. The molecule has 12 heteroatoms. The highest BCUT2D eigenvalue weighted by molar-refractivity contribution is 9.11. The smallest absolute Gasteiger partial charge is 0.407 e. The Hall–Kier alpha value is -0.655. The van der Waals surface area contributed by atoms with Gasteiger partial charge >= 0.3 is 13.1 Å². The second kappa shape index (κ2) is 9.70. The number of sulfonamides is 1. The number of hydrogen-bond donors (Lipinski definition) is 3. The highest BCUT2D eigenvalue weighted by atomic mass is 79.9. The van der Waals surface area contributed by atoms with Crippen molar-refractivity contribution in [1.82, 2.24) is 14.8 Å². The summed E-state index contributed by atoms with van der Waals surface area (Å²) in [5, 5.41) is 12.5. The van der Waals surface area contributed by atoms with Gasteiger partial charge in [-0.1, -0.05) is 15.9 Å². The molecule has 1 fully saturated rings. The quantitative estimate of drug-likeness (QED) is 0.468. The van der Waals surface area contributed by atoms with Crippen LogP contribution in [0.2, 0.25) is 6.82 Å². The number of carbonyl (C=O) groups excluding carboxylic acids is 1. The first-order chi connectivity index (χ1) is 12.6. The van der Waals surface area contributed by atoms with E-state index >= 15 is 0 Å². The molecule has 1 aromatic carbocycles. The summed E-state index contributed by atoms with van der Waals surface area (Å²) in [6.07, 6.45) is -0.125. The van der Waals surface area contributed by atoms with Gasteiger partial charge in [-0.25, -0.2) is 17.9 Å². The van der Waals surface area contributed by atoms with Gasteiger partial charge in [0.25, 0.3) is 0 Å². The Morgan fingerprint density at radius 1 is 1.44 bits per heavy atom. The van der Waals surface area contributed by atoms with E-state index in [2.05, 4.69) is 41.9 Å². The third kappa shape index (κ3) is 6.16. The molecule has 150 valence electrons. The predicted octanol–water partition coefficient (Wildman–Crippen LogP) is 1.79. The van der Waals surface area contributed by atoms with E-state index < -0.39 is 29.2 Å². The number of halogens is 2. The van der Waals surface area contributed by atoms with Crippen molar-refractivity contribution in [3.63, 3.8) is 0 Å². The summed E-state index contributed by atoms with van der Waals surface area (Å²) >= 11 is 6.54. The Labute approximate surface area is 176 Å². The van der Waals surface area contributed by atoms with Gasteiger partial charge in [-0.3, -0.25) is 0 Å². The molecule has 0 saturated carbocycles. The molecule has 0 unspecified atom stereocenters. The minimum absolute atomic E-state index is 0.0650. The Balaban J connectivity index is 2.08. The number of hydrogen-bond acceptors (Lipinski definition) is 6. The van der Waals surface area contributed by atoms with Crippen LogP contribution in [0.4, 0.5) is 4.79 Å². The Bertz CT molecular complexity index is 781. The first-order valence-corrected chi connectivity index (χ1v) is 11.5. The van der Waals surface area contributed by atoms with Crippen molar-refractivity contribution in [2.24, 2.45) is 0 Å². The highest BCUT2D eigenvalue weighted by Crippen LogP contribution is 2.27. The fourth-order valence-corrected chi connectivity index (χ4v) is 5.72. The minimum atomic E-state index is -3.76. The lowest BCUT2D eigenvalue weighted by molar-refractivity contribution is 0.122. The van der Waals surface area contributed by atoms with Crippen LogP contribution in [0.25, 0.3) is 0 Å². The molecule has 0 spiro atoms. The zero-order valence-electron chi connectivity index (χ0n) is 15.0. The number of carbonyl (C=O) groups is 1. The summed E-state index contributed by atoms with van der Waals surface area (Å²) in [6, 6.07) is 4.20. The zero-order chi connectivity index (χ0) is 20.2. The topological polar surface area (TPSA) is 108 Å². The maximum Gasteiger partial charge on any atom is 0.407 e. The number of rotatable bonds is 7. The molecule has 1 aliphatic rings. The summed E-state index contributed by atoms with van der Waals surface area (Å²) in [6.45, 7) is 4.21. The average molecular weight is 527 g/mol. The molecule has 1 heterocycles. The number of amides is 1. The molecule has 2 atom stereocenters. The molecular weight excluding hydrogens is 505 g/mol. The molecule has 1 aliphatic heterocycles. The standard InChI is InChI=1S/C15H22BBr2N3O5S/c1-3-19-15(22)26-9-12-7-11(8-21(12)16(2)23)20-27(24,25)14-6-10(17)4-5-13(14)18/h4-6,11-12,20,23H,3,7-9H2,1-2H3,(H,19,22)/t11-,12-/m1/s1. The van der Waals surface area contributed by atoms with Gasteiger partial charge in [0, 0.05) is 34.1 Å². The lowest BCUT2D eigenvalue weighted by Crippen LogP contribution is -2.45. The summed E-state index contributed by atoms with van der Waals surface area (Å²) in [5.41, 5.74) is 0. The van der Waals surface area contributed by atoms with Crippen LogP contribution in [0.1, 0.15) is 13.3 Å². The van der Waals surface area contributed by atoms with E-state index in [-0.39, 0.29) is 17.5 Å². The number of nitrogens with one attached hydrogen (secondary N) is 2. The van der Waals surface area contributed by atoms with E-state index in [1.165, 1.54) is 6.07 Å². The second-order valence-electron chi connectivity index (χ2n) is 6.24. The maximum atomic E-state index is 12.8. The van der Waals surface area contributed by atoms with Crippen LogP contribution in [0.5, 0.6) is 0 Å². The Morgan fingerprint density at radius 3 is 2.78 bits per heavy atom. The van der Waals surface area contributed by atoms with Crippen molar-refractivity contribution in [2.75, 3.05) is 19.7 Å². The number of nitrogens with zero attached hydrogens (tertiary/aromatic N) is 1. The summed E-state index contributed by atoms with van der Waals surface area (Å²) in [5.74, 6) is 0. The minimum Gasteiger partial charge on any atom is -0.448 e. The zero-order valence-corrected chi connectivity index (χ0v) is 19.0. The van der Waals surface area contributed by atoms with Crippen LogP contribution < -0.4 is 10.0 Å². The molecule has 0 radical (unpaired) electrons. The largest absolute Gasteiger partial charge is 0.448 e. The van der Waals surface area contributed by atoms with Crippen LogP contribution >= 0.6 is 31.9 Å². The number of alkyl carbamates (subject to hydrolysis) is 1. The van der Waals surface area contributed by atoms with E-state index in [0.717, 1.165) is 0 Å².